The summed E-state index contributed by atoms with van der Waals surface area (Å²) in [6.45, 7) is 1.45. The van der Waals surface area contributed by atoms with Crippen LogP contribution in [0.15, 0.2) is 40.9 Å². The molecule has 2 amide bonds. The molecular weight excluding hydrogens is 351 g/mol. The molecule has 0 saturated heterocycles. The van der Waals surface area contributed by atoms with Crippen LogP contribution in [0.3, 0.4) is 0 Å². The number of carbonyl (C=O) groups excluding carboxylic acids is 2. The fraction of sp³-hybridized carbons (Fsp3) is 0.235. The van der Waals surface area contributed by atoms with Gasteiger partial charge in [0, 0.05) is 19.2 Å². The summed E-state index contributed by atoms with van der Waals surface area (Å²) in [6.07, 6.45) is -1.86. The van der Waals surface area contributed by atoms with Crippen molar-refractivity contribution in [1.82, 2.24) is 10.1 Å². The van der Waals surface area contributed by atoms with E-state index in [0.717, 1.165) is 17.0 Å². The SMILES string of the molecule is Cc1cc(NC(=O)CN(C)C(=O)/C=C/c2ccc(C(F)(F)F)cc2)no1. The Hall–Kier alpha value is -3.10. The largest absolute Gasteiger partial charge is 0.416 e. The van der Waals surface area contributed by atoms with Gasteiger partial charge in [-0.15, -0.1) is 0 Å². The van der Waals surface area contributed by atoms with Crippen molar-refractivity contribution in [2.24, 2.45) is 0 Å². The quantitative estimate of drug-likeness (QED) is 0.824. The highest BCUT2D eigenvalue weighted by Crippen LogP contribution is 2.29. The van der Waals surface area contributed by atoms with Crippen LogP contribution >= 0.6 is 0 Å². The van der Waals surface area contributed by atoms with Gasteiger partial charge in [0.05, 0.1) is 12.1 Å². The molecule has 0 atom stereocenters. The minimum absolute atomic E-state index is 0.220. The average molecular weight is 367 g/mol. The molecule has 0 aliphatic heterocycles. The van der Waals surface area contributed by atoms with Crippen LogP contribution in [0.1, 0.15) is 16.9 Å². The van der Waals surface area contributed by atoms with E-state index in [0.29, 0.717) is 11.3 Å². The normalized spacial score (nSPS) is 11.6. The number of aryl methyl sites for hydroxylation is 1. The standard InChI is InChI=1S/C17H16F3N3O3/c1-11-9-14(22-26-11)21-15(24)10-23(2)16(25)8-5-12-3-6-13(7-4-12)17(18,19)20/h3-9H,10H2,1-2H3,(H,21,22,24)/b8-5+. The van der Waals surface area contributed by atoms with E-state index < -0.39 is 23.6 Å². The van der Waals surface area contributed by atoms with E-state index in [-0.39, 0.29) is 12.4 Å². The van der Waals surface area contributed by atoms with Crippen molar-refractivity contribution < 1.29 is 27.3 Å². The van der Waals surface area contributed by atoms with E-state index in [1.807, 2.05) is 0 Å². The summed E-state index contributed by atoms with van der Waals surface area (Å²) in [5.41, 5.74) is -0.333. The van der Waals surface area contributed by atoms with Gasteiger partial charge in [0.1, 0.15) is 5.76 Å². The maximum Gasteiger partial charge on any atom is 0.416 e. The number of amides is 2. The fourth-order valence-corrected chi connectivity index (χ4v) is 1.98. The second-order valence-corrected chi connectivity index (χ2v) is 5.52. The van der Waals surface area contributed by atoms with E-state index in [9.17, 15) is 22.8 Å². The van der Waals surface area contributed by atoms with Crippen LogP contribution in [-0.4, -0.2) is 35.5 Å². The van der Waals surface area contributed by atoms with Crippen LogP contribution in [-0.2, 0) is 15.8 Å². The first-order chi connectivity index (χ1) is 12.1. The summed E-state index contributed by atoms with van der Waals surface area (Å²) in [4.78, 5) is 25.0. The van der Waals surface area contributed by atoms with Crippen LogP contribution in [0.4, 0.5) is 19.0 Å². The summed E-state index contributed by atoms with van der Waals surface area (Å²) >= 11 is 0. The Balaban J connectivity index is 1.89. The van der Waals surface area contributed by atoms with Gasteiger partial charge in [0.2, 0.25) is 11.8 Å². The lowest BCUT2D eigenvalue weighted by molar-refractivity contribution is -0.137. The molecule has 1 aromatic heterocycles. The number of nitrogens with zero attached hydrogens (tertiary/aromatic N) is 2. The van der Waals surface area contributed by atoms with Gasteiger partial charge < -0.3 is 14.7 Å². The molecule has 9 heteroatoms. The predicted molar refractivity (Wildman–Crippen MR) is 88.0 cm³/mol. The van der Waals surface area contributed by atoms with E-state index >= 15 is 0 Å². The first-order valence-corrected chi connectivity index (χ1v) is 7.49. The van der Waals surface area contributed by atoms with Gasteiger partial charge in [0.25, 0.3) is 0 Å². The number of carbonyl (C=O) groups is 2. The molecule has 138 valence electrons. The van der Waals surface area contributed by atoms with Crippen LogP contribution in [0.5, 0.6) is 0 Å². The molecule has 0 fully saturated rings. The number of likely N-dealkylation sites (N-methyl/N-ethyl adjacent to an activating group) is 1. The highest BCUT2D eigenvalue weighted by molar-refractivity contribution is 5.97. The smallest absolute Gasteiger partial charge is 0.360 e. The van der Waals surface area contributed by atoms with Crippen molar-refractivity contribution in [2.75, 3.05) is 18.9 Å². The summed E-state index contributed by atoms with van der Waals surface area (Å²) < 4.78 is 42.3. The Morgan fingerprint density at radius 1 is 1.27 bits per heavy atom. The number of hydrogen-bond donors (Lipinski definition) is 1. The lowest BCUT2D eigenvalue weighted by Crippen LogP contribution is -2.33. The highest BCUT2D eigenvalue weighted by atomic mass is 19.4. The summed E-state index contributed by atoms with van der Waals surface area (Å²) in [5, 5.41) is 6.08. The number of aromatic nitrogens is 1. The predicted octanol–water partition coefficient (Wildman–Crippen LogP) is 3.11. The number of benzene rings is 1. The van der Waals surface area contributed by atoms with Gasteiger partial charge in [-0.3, -0.25) is 9.59 Å². The molecule has 0 aliphatic carbocycles. The molecule has 0 unspecified atom stereocenters. The number of halogens is 3. The van der Waals surface area contributed by atoms with Crippen LogP contribution < -0.4 is 5.32 Å². The van der Waals surface area contributed by atoms with E-state index in [1.165, 1.54) is 37.4 Å². The third kappa shape index (κ3) is 5.47. The van der Waals surface area contributed by atoms with Gasteiger partial charge >= 0.3 is 6.18 Å². The summed E-state index contributed by atoms with van der Waals surface area (Å²) in [6, 6.07) is 5.91. The number of rotatable bonds is 5. The van der Waals surface area contributed by atoms with Crippen LogP contribution in [0.2, 0.25) is 0 Å². The van der Waals surface area contributed by atoms with Gasteiger partial charge in [-0.25, -0.2) is 0 Å². The number of alkyl halides is 3. The van der Waals surface area contributed by atoms with Crippen molar-refractivity contribution in [3.05, 3.63) is 53.3 Å². The summed E-state index contributed by atoms with van der Waals surface area (Å²) in [7, 11) is 1.42. The molecule has 2 aromatic rings. The maximum atomic E-state index is 12.5. The molecule has 2 rings (SSSR count). The molecular formula is C17H16F3N3O3. The fourth-order valence-electron chi connectivity index (χ4n) is 1.98. The molecule has 1 heterocycles. The second kappa shape index (κ2) is 7.85. The van der Waals surface area contributed by atoms with E-state index in [4.69, 9.17) is 4.52 Å². The molecule has 0 aliphatic rings. The molecule has 6 nitrogen and oxygen atoms in total. The van der Waals surface area contributed by atoms with Crippen molar-refractivity contribution in [1.29, 1.82) is 0 Å². The Bertz CT molecular complexity index is 811. The van der Waals surface area contributed by atoms with Crippen molar-refractivity contribution in [2.45, 2.75) is 13.1 Å². The van der Waals surface area contributed by atoms with Crippen molar-refractivity contribution in [3.8, 4) is 0 Å². The Morgan fingerprint density at radius 2 is 1.92 bits per heavy atom. The molecule has 0 spiro atoms. The lowest BCUT2D eigenvalue weighted by Gasteiger charge is -2.13. The second-order valence-electron chi connectivity index (χ2n) is 5.52. The number of hydrogen-bond acceptors (Lipinski definition) is 4. The zero-order valence-corrected chi connectivity index (χ0v) is 14.0. The van der Waals surface area contributed by atoms with Crippen molar-refractivity contribution >= 4 is 23.7 Å². The third-order valence-corrected chi connectivity index (χ3v) is 3.31. The Morgan fingerprint density at radius 3 is 2.46 bits per heavy atom. The monoisotopic (exact) mass is 367 g/mol. The lowest BCUT2D eigenvalue weighted by atomic mass is 10.1. The zero-order valence-electron chi connectivity index (χ0n) is 14.0. The van der Waals surface area contributed by atoms with Crippen LogP contribution in [0.25, 0.3) is 6.08 Å². The summed E-state index contributed by atoms with van der Waals surface area (Å²) in [5.74, 6) is -0.161. The van der Waals surface area contributed by atoms with Gasteiger partial charge in [-0.05, 0) is 30.7 Å². The first-order valence-electron chi connectivity index (χ1n) is 7.49. The van der Waals surface area contributed by atoms with E-state index in [1.54, 1.807) is 6.92 Å². The van der Waals surface area contributed by atoms with E-state index in [2.05, 4.69) is 10.5 Å². The van der Waals surface area contributed by atoms with Gasteiger partial charge in [0.15, 0.2) is 5.82 Å². The van der Waals surface area contributed by atoms with Gasteiger partial charge in [-0.2, -0.15) is 13.2 Å². The minimum Gasteiger partial charge on any atom is -0.360 e. The first kappa shape index (κ1) is 19.2. The number of nitrogens with one attached hydrogen (secondary N) is 1. The Labute approximate surface area is 147 Å². The zero-order chi connectivity index (χ0) is 19.3. The molecule has 0 radical (unpaired) electrons. The molecule has 0 bridgehead atoms. The highest BCUT2D eigenvalue weighted by Gasteiger charge is 2.29. The molecule has 0 saturated carbocycles. The Kier molecular flexibility index (Phi) is 5.81. The molecule has 26 heavy (non-hydrogen) atoms. The van der Waals surface area contributed by atoms with Gasteiger partial charge in [-0.1, -0.05) is 17.3 Å². The third-order valence-electron chi connectivity index (χ3n) is 3.31. The van der Waals surface area contributed by atoms with Crippen molar-refractivity contribution in [3.63, 3.8) is 0 Å². The topological polar surface area (TPSA) is 75.4 Å². The van der Waals surface area contributed by atoms with Crippen LogP contribution in [0, 0.1) is 6.92 Å². The minimum atomic E-state index is -4.41. The molecule has 1 aromatic carbocycles. The average Bonchev–Trinajstić information content (AvgIpc) is 2.96. The maximum absolute atomic E-state index is 12.5. The molecule has 1 N–H and O–H groups in total. The number of anilines is 1.